The van der Waals surface area contributed by atoms with E-state index in [1.54, 1.807) is 6.92 Å². The van der Waals surface area contributed by atoms with Crippen molar-refractivity contribution >= 4 is 12.1 Å². The van der Waals surface area contributed by atoms with Gasteiger partial charge in [-0.1, -0.05) is 13.8 Å². The van der Waals surface area contributed by atoms with E-state index in [-0.39, 0.29) is 12.5 Å². The first-order valence-electron chi connectivity index (χ1n) is 4.63. The molecule has 1 amide bonds. The molecule has 0 fully saturated rings. The number of hydrogen-bond donors (Lipinski definition) is 2. The van der Waals surface area contributed by atoms with E-state index >= 15 is 0 Å². The Kier molecular flexibility index (Phi) is 5.67. The molecule has 0 unspecified atom stereocenters. The second kappa shape index (κ2) is 6.23. The molecular weight excluding hydrogens is 186 g/mol. The number of esters is 1. The van der Waals surface area contributed by atoms with Gasteiger partial charge in [-0.05, 0) is 19.3 Å². The average Bonchev–Trinajstić information content (AvgIpc) is 2.01. The minimum Gasteiger partial charge on any atom is -0.465 e. The number of ether oxygens (including phenoxy) is 1. The third kappa shape index (κ3) is 5.40. The smallest absolute Gasteiger partial charge is 0.405 e. The quantitative estimate of drug-likeness (QED) is 0.659. The summed E-state index contributed by atoms with van der Waals surface area (Å²) in [5, 5.41) is 10.6. The molecule has 14 heavy (non-hydrogen) atoms. The van der Waals surface area contributed by atoms with Gasteiger partial charge in [0, 0.05) is 0 Å². The fourth-order valence-electron chi connectivity index (χ4n) is 1.08. The largest absolute Gasteiger partial charge is 0.465 e. The molecule has 5 nitrogen and oxygen atoms in total. The van der Waals surface area contributed by atoms with Gasteiger partial charge in [0.2, 0.25) is 0 Å². The molecule has 0 aromatic rings. The Bertz CT molecular complexity index is 203. The highest BCUT2D eigenvalue weighted by Crippen LogP contribution is 2.06. The van der Waals surface area contributed by atoms with Crippen molar-refractivity contribution in [3.63, 3.8) is 0 Å². The standard InChI is InChI=1S/C9H17NO4/c1-4-14-8(11)7(5-6(2)3)10-9(12)13/h6-7,10H,4-5H2,1-3H3,(H,12,13)/t7-/m0/s1. The van der Waals surface area contributed by atoms with Gasteiger partial charge in [-0.15, -0.1) is 0 Å². The van der Waals surface area contributed by atoms with Gasteiger partial charge < -0.3 is 15.2 Å². The maximum atomic E-state index is 11.3. The van der Waals surface area contributed by atoms with Crippen molar-refractivity contribution in [1.82, 2.24) is 5.32 Å². The van der Waals surface area contributed by atoms with Crippen molar-refractivity contribution < 1.29 is 19.4 Å². The Hall–Kier alpha value is -1.26. The lowest BCUT2D eigenvalue weighted by Gasteiger charge is -2.16. The molecule has 1 atom stereocenters. The number of hydrogen-bond acceptors (Lipinski definition) is 3. The normalized spacial score (nSPS) is 12.3. The highest BCUT2D eigenvalue weighted by molar-refractivity contribution is 5.80. The van der Waals surface area contributed by atoms with Crippen LogP contribution in [0.5, 0.6) is 0 Å². The van der Waals surface area contributed by atoms with E-state index in [9.17, 15) is 9.59 Å². The van der Waals surface area contributed by atoms with E-state index in [0.29, 0.717) is 6.42 Å². The van der Waals surface area contributed by atoms with Gasteiger partial charge >= 0.3 is 12.1 Å². The van der Waals surface area contributed by atoms with Crippen molar-refractivity contribution in [2.75, 3.05) is 6.61 Å². The first kappa shape index (κ1) is 12.7. The molecule has 0 radical (unpaired) electrons. The summed E-state index contributed by atoms with van der Waals surface area (Å²) < 4.78 is 4.74. The first-order valence-corrected chi connectivity index (χ1v) is 4.63. The van der Waals surface area contributed by atoms with Crippen molar-refractivity contribution in [3.8, 4) is 0 Å². The lowest BCUT2D eigenvalue weighted by Crippen LogP contribution is -2.42. The van der Waals surface area contributed by atoms with Crippen LogP contribution in [0.2, 0.25) is 0 Å². The molecule has 0 aliphatic carbocycles. The lowest BCUT2D eigenvalue weighted by atomic mass is 10.0. The summed E-state index contributed by atoms with van der Waals surface area (Å²) in [6.07, 6.45) is -0.755. The van der Waals surface area contributed by atoms with Crippen LogP contribution in [0.1, 0.15) is 27.2 Å². The Morgan fingerprint density at radius 3 is 2.36 bits per heavy atom. The molecule has 0 aromatic carbocycles. The molecule has 0 aliphatic heterocycles. The Morgan fingerprint density at radius 1 is 1.43 bits per heavy atom. The number of nitrogens with one attached hydrogen (secondary N) is 1. The summed E-state index contributed by atoms with van der Waals surface area (Å²) in [5.41, 5.74) is 0. The number of carboxylic acid groups (broad SMARTS) is 1. The topological polar surface area (TPSA) is 75.6 Å². The molecule has 82 valence electrons. The predicted octanol–water partition coefficient (Wildman–Crippen LogP) is 1.23. The maximum absolute atomic E-state index is 11.3. The van der Waals surface area contributed by atoms with Crippen LogP contribution in [0.15, 0.2) is 0 Å². The summed E-state index contributed by atoms with van der Waals surface area (Å²) in [7, 11) is 0. The van der Waals surface area contributed by atoms with Crippen molar-refractivity contribution in [1.29, 1.82) is 0 Å². The van der Waals surface area contributed by atoms with Crippen LogP contribution in [-0.4, -0.2) is 29.8 Å². The Balaban J connectivity index is 4.22. The molecule has 0 bridgehead atoms. The molecule has 0 spiro atoms. The SMILES string of the molecule is CCOC(=O)[C@H](CC(C)C)NC(=O)O. The predicted molar refractivity (Wildman–Crippen MR) is 51.0 cm³/mol. The zero-order valence-electron chi connectivity index (χ0n) is 8.74. The van der Waals surface area contributed by atoms with Crippen LogP contribution in [0.3, 0.4) is 0 Å². The number of amides is 1. The van der Waals surface area contributed by atoms with Gasteiger partial charge in [-0.3, -0.25) is 0 Å². The van der Waals surface area contributed by atoms with Gasteiger partial charge in [0.25, 0.3) is 0 Å². The third-order valence-electron chi connectivity index (χ3n) is 1.58. The molecule has 0 aliphatic rings. The highest BCUT2D eigenvalue weighted by Gasteiger charge is 2.22. The second-order valence-corrected chi connectivity index (χ2v) is 3.38. The van der Waals surface area contributed by atoms with Crippen LogP contribution < -0.4 is 5.32 Å². The molecule has 0 rings (SSSR count). The summed E-state index contributed by atoms with van der Waals surface area (Å²) in [4.78, 5) is 21.6. The molecule has 5 heteroatoms. The van der Waals surface area contributed by atoms with Gasteiger partial charge in [-0.2, -0.15) is 0 Å². The van der Waals surface area contributed by atoms with E-state index in [0.717, 1.165) is 0 Å². The minimum absolute atomic E-state index is 0.233. The van der Waals surface area contributed by atoms with Crippen molar-refractivity contribution in [2.24, 2.45) is 5.92 Å². The molecule has 2 N–H and O–H groups in total. The van der Waals surface area contributed by atoms with Crippen molar-refractivity contribution in [2.45, 2.75) is 33.2 Å². The van der Waals surface area contributed by atoms with Crippen LogP contribution in [0, 0.1) is 5.92 Å². The second-order valence-electron chi connectivity index (χ2n) is 3.38. The zero-order chi connectivity index (χ0) is 11.1. The van der Waals surface area contributed by atoms with E-state index in [4.69, 9.17) is 9.84 Å². The highest BCUT2D eigenvalue weighted by atomic mass is 16.5. The van der Waals surface area contributed by atoms with Crippen LogP contribution >= 0.6 is 0 Å². The molecule has 0 heterocycles. The first-order chi connectivity index (χ1) is 6.47. The molecule has 0 saturated carbocycles. The fraction of sp³-hybridized carbons (Fsp3) is 0.778. The van der Waals surface area contributed by atoms with Crippen LogP contribution in [-0.2, 0) is 9.53 Å². The summed E-state index contributed by atoms with van der Waals surface area (Å²) >= 11 is 0. The van der Waals surface area contributed by atoms with E-state index < -0.39 is 18.1 Å². The van der Waals surface area contributed by atoms with Crippen molar-refractivity contribution in [3.05, 3.63) is 0 Å². The number of carbonyl (C=O) groups excluding carboxylic acids is 1. The summed E-state index contributed by atoms with van der Waals surface area (Å²) in [6, 6.07) is -0.757. The molecule has 0 saturated heterocycles. The van der Waals surface area contributed by atoms with Crippen LogP contribution in [0.4, 0.5) is 4.79 Å². The Morgan fingerprint density at radius 2 is 2.00 bits per heavy atom. The van der Waals surface area contributed by atoms with Gasteiger partial charge in [0.15, 0.2) is 0 Å². The van der Waals surface area contributed by atoms with Gasteiger partial charge in [0.05, 0.1) is 6.61 Å². The third-order valence-corrected chi connectivity index (χ3v) is 1.58. The summed E-state index contributed by atoms with van der Waals surface area (Å²) in [5.74, 6) is -0.278. The maximum Gasteiger partial charge on any atom is 0.405 e. The van der Waals surface area contributed by atoms with Gasteiger partial charge in [-0.25, -0.2) is 9.59 Å². The van der Waals surface area contributed by atoms with Crippen LogP contribution in [0.25, 0.3) is 0 Å². The number of rotatable bonds is 5. The van der Waals surface area contributed by atoms with E-state index in [1.807, 2.05) is 13.8 Å². The monoisotopic (exact) mass is 203 g/mol. The Labute approximate surface area is 83.4 Å². The average molecular weight is 203 g/mol. The van der Waals surface area contributed by atoms with E-state index in [1.165, 1.54) is 0 Å². The summed E-state index contributed by atoms with van der Waals surface area (Å²) in [6.45, 7) is 5.77. The number of carbonyl (C=O) groups is 2. The molecule has 0 aromatic heterocycles. The fourth-order valence-corrected chi connectivity index (χ4v) is 1.08. The van der Waals surface area contributed by atoms with Gasteiger partial charge in [0.1, 0.15) is 6.04 Å². The zero-order valence-corrected chi connectivity index (χ0v) is 8.74. The van der Waals surface area contributed by atoms with E-state index in [2.05, 4.69) is 5.32 Å². The molecular formula is C9H17NO4. The minimum atomic E-state index is -1.20. The lowest BCUT2D eigenvalue weighted by molar-refractivity contribution is -0.145.